The van der Waals surface area contributed by atoms with Crippen molar-refractivity contribution in [2.45, 2.75) is 12.5 Å². The topological polar surface area (TPSA) is 23.1 Å². The molecule has 0 aromatic heterocycles. The Kier molecular flexibility index (Phi) is 5.42. The van der Waals surface area contributed by atoms with E-state index in [1.54, 1.807) is 0 Å². The van der Waals surface area contributed by atoms with E-state index in [1.807, 2.05) is 0 Å². The van der Waals surface area contributed by atoms with E-state index < -0.39 is 20.6 Å². The predicted octanol–water partition coefficient (Wildman–Crippen LogP) is 0.915. The van der Waals surface area contributed by atoms with Gasteiger partial charge in [-0.1, -0.05) is 11.2 Å². The first kappa shape index (κ1) is 9.39. The van der Waals surface area contributed by atoms with E-state index in [9.17, 15) is 12.8 Å². The Balaban J connectivity index is 2.91. The van der Waals surface area contributed by atoms with Crippen LogP contribution in [0.5, 0.6) is 0 Å². The molecule has 0 aliphatic carbocycles. The molecule has 0 bridgehead atoms. The third-order valence-corrected chi connectivity index (χ3v) is 2.56. The maximum atomic E-state index is 11.5. The normalized spacial score (nSPS) is 14.3. The van der Waals surface area contributed by atoms with E-state index >= 15 is 0 Å². The molecule has 1 nitrogen and oxygen atoms in total. The second kappa shape index (κ2) is 5.19. The molecule has 0 fully saturated rings. The molecule has 0 aliphatic heterocycles. The number of hydrogen-bond acceptors (Lipinski definition) is 1. The molecule has 0 N–H and O–H groups in total. The largest absolute Gasteiger partial charge is 0.617 e. The summed E-state index contributed by atoms with van der Waals surface area (Å²) in [6.45, 7) is 0. The van der Waals surface area contributed by atoms with E-state index in [4.69, 9.17) is 0 Å². The van der Waals surface area contributed by atoms with Crippen LogP contribution in [0.4, 0.5) is 8.22 Å². The molecule has 0 heterocycles. The van der Waals surface area contributed by atoms with Crippen LogP contribution in [0.2, 0.25) is 6.04 Å². The minimum Gasteiger partial charge on any atom is -0.617 e. The molecule has 0 aromatic carbocycles. The molecule has 0 spiro atoms. The summed E-state index contributed by atoms with van der Waals surface area (Å²) >= 11 is -0.893. The van der Waals surface area contributed by atoms with Gasteiger partial charge in [0.05, 0.1) is 6.26 Å². The number of halogens is 2. The van der Waals surface area contributed by atoms with Gasteiger partial charge in [0, 0.05) is 6.04 Å². The molecule has 56 valence electrons. The first-order valence-electron chi connectivity index (χ1n) is 2.71. The lowest BCUT2D eigenvalue weighted by Gasteiger charge is -2.02. The Morgan fingerprint density at radius 2 is 2.11 bits per heavy atom. The monoisotopic (exact) mass is 172 g/mol. The fourth-order valence-electron chi connectivity index (χ4n) is 0.441. The van der Waals surface area contributed by atoms with E-state index in [0.717, 1.165) is 0 Å². The highest BCUT2D eigenvalue weighted by Crippen LogP contribution is 2.01. The first-order chi connectivity index (χ1) is 4.13. The van der Waals surface area contributed by atoms with Gasteiger partial charge in [0.25, 0.3) is 0 Å². The van der Waals surface area contributed by atoms with Crippen molar-refractivity contribution in [1.82, 2.24) is 0 Å². The van der Waals surface area contributed by atoms with Crippen LogP contribution >= 0.6 is 0 Å². The van der Waals surface area contributed by atoms with Crippen LogP contribution in [-0.2, 0) is 11.2 Å². The zero-order chi connectivity index (χ0) is 7.28. The van der Waals surface area contributed by atoms with Crippen molar-refractivity contribution in [2.75, 3.05) is 12.0 Å². The van der Waals surface area contributed by atoms with Gasteiger partial charge in [-0.2, -0.15) is 0 Å². The van der Waals surface area contributed by atoms with E-state index in [1.165, 1.54) is 6.26 Å². The zero-order valence-corrected chi connectivity index (χ0v) is 7.24. The average Bonchev–Trinajstić information content (AvgIpc) is 1.63. The van der Waals surface area contributed by atoms with Crippen molar-refractivity contribution >= 4 is 20.6 Å². The molecule has 0 saturated heterocycles. The third kappa shape index (κ3) is 8.39. The highest BCUT2D eigenvalue weighted by Gasteiger charge is 2.07. The lowest BCUT2D eigenvalue weighted by molar-refractivity contribution is 0.597. The SMILES string of the molecule is C[S+]([O-])CCC[SiH](F)F. The standard InChI is InChI=1S/C4H10F2OSSi/c1-8(7)3-2-4-9(5)6/h9H,2-4H2,1H3. The minimum atomic E-state index is -3.36. The lowest BCUT2D eigenvalue weighted by atomic mass is 10.6. The van der Waals surface area contributed by atoms with E-state index in [-0.39, 0.29) is 6.04 Å². The minimum absolute atomic E-state index is 0.0135. The smallest absolute Gasteiger partial charge is 0.411 e. The van der Waals surface area contributed by atoms with Gasteiger partial charge in [-0.3, -0.25) is 8.22 Å². The van der Waals surface area contributed by atoms with Crippen LogP contribution in [0.1, 0.15) is 6.42 Å². The zero-order valence-electron chi connectivity index (χ0n) is 5.27. The number of rotatable bonds is 4. The Morgan fingerprint density at radius 1 is 1.56 bits per heavy atom. The summed E-state index contributed by atoms with van der Waals surface area (Å²) in [5, 5.41) is 0. The summed E-state index contributed by atoms with van der Waals surface area (Å²) in [5.41, 5.74) is 0. The van der Waals surface area contributed by atoms with Crippen LogP contribution in [0.3, 0.4) is 0 Å². The van der Waals surface area contributed by atoms with Gasteiger partial charge in [0.2, 0.25) is 0 Å². The summed E-state index contributed by atoms with van der Waals surface area (Å²) < 4.78 is 33.4. The second-order valence-electron chi connectivity index (χ2n) is 1.81. The van der Waals surface area contributed by atoms with Crippen LogP contribution < -0.4 is 0 Å². The van der Waals surface area contributed by atoms with Crippen LogP contribution in [0.25, 0.3) is 0 Å². The quantitative estimate of drug-likeness (QED) is 0.351. The van der Waals surface area contributed by atoms with E-state index in [2.05, 4.69) is 0 Å². The third-order valence-electron chi connectivity index (χ3n) is 0.854. The maximum Gasteiger partial charge on any atom is 0.411 e. The average molecular weight is 172 g/mol. The van der Waals surface area contributed by atoms with Gasteiger partial charge in [-0.25, -0.2) is 0 Å². The Hall–Kier alpha value is 0.387. The highest BCUT2D eigenvalue weighted by atomic mass is 32.2. The molecule has 9 heavy (non-hydrogen) atoms. The van der Waals surface area contributed by atoms with Crippen molar-refractivity contribution < 1.29 is 12.8 Å². The molecule has 0 aliphatic rings. The summed E-state index contributed by atoms with van der Waals surface area (Å²) in [6, 6.07) is 0.0135. The van der Waals surface area contributed by atoms with Crippen LogP contribution in [0, 0.1) is 0 Å². The molecule has 0 amide bonds. The predicted molar refractivity (Wildman–Crippen MR) is 37.7 cm³/mol. The molecular weight excluding hydrogens is 162 g/mol. The van der Waals surface area contributed by atoms with Crippen LogP contribution in [0.15, 0.2) is 0 Å². The van der Waals surface area contributed by atoms with Gasteiger partial charge in [0.1, 0.15) is 5.75 Å². The van der Waals surface area contributed by atoms with Crippen LogP contribution in [-0.4, -0.2) is 26.0 Å². The first-order valence-corrected chi connectivity index (χ1v) is 6.12. The van der Waals surface area contributed by atoms with E-state index in [0.29, 0.717) is 12.2 Å². The highest BCUT2D eigenvalue weighted by molar-refractivity contribution is 7.90. The van der Waals surface area contributed by atoms with Gasteiger partial charge in [-0.05, 0) is 6.42 Å². The second-order valence-corrected chi connectivity index (χ2v) is 4.72. The maximum absolute atomic E-state index is 11.5. The Bertz CT molecular complexity index is 63.6. The summed E-state index contributed by atoms with van der Waals surface area (Å²) in [5.74, 6) is 0.428. The van der Waals surface area contributed by atoms with Crippen molar-refractivity contribution in [2.24, 2.45) is 0 Å². The Morgan fingerprint density at radius 3 is 2.44 bits per heavy atom. The molecule has 1 atom stereocenters. The molecular formula is C4H10F2OSSi. The fourth-order valence-corrected chi connectivity index (χ4v) is 1.82. The van der Waals surface area contributed by atoms with Gasteiger partial charge >= 0.3 is 9.46 Å². The molecule has 0 rings (SSSR count). The van der Waals surface area contributed by atoms with Gasteiger partial charge in [0.15, 0.2) is 0 Å². The molecule has 0 radical (unpaired) electrons. The fraction of sp³-hybridized carbons (Fsp3) is 1.00. The molecule has 0 saturated carbocycles. The lowest BCUT2D eigenvalue weighted by Crippen LogP contribution is -2.05. The van der Waals surface area contributed by atoms with Gasteiger partial charge < -0.3 is 4.55 Å². The molecule has 5 heteroatoms. The van der Waals surface area contributed by atoms with Crippen molar-refractivity contribution in [3.63, 3.8) is 0 Å². The van der Waals surface area contributed by atoms with Crippen molar-refractivity contribution in [1.29, 1.82) is 0 Å². The summed E-state index contributed by atoms with van der Waals surface area (Å²) in [6.07, 6.45) is 1.96. The number of hydrogen-bond donors (Lipinski definition) is 0. The summed E-state index contributed by atoms with van der Waals surface area (Å²) in [7, 11) is -3.36. The molecule has 0 aromatic rings. The van der Waals surface area contributed by atoms with Gasteiger partial charge in [-0.15, -0.1) is 0 Å². The molecule has 1 unspecified atom stereocenters. The Labute approximate surface area is 58.6 Å². The van der Waals surface area contributed by atoms with Crippen molar-refractivity contribution in [3.05, 3.63) is 0 Å². The van der Waals surface area contributed by atoms with Crippen molar-refractivity contribution in [3.8, 4) is 0 Å². The summed E-state index contributed by atoms with van der Waals surface area (Å²) in [4.78, 5) is 0.